The van der Waals surface area contributed by atoms with Crippen molar-refractivity contribution in [3.8, 4) is 0 Å². The molecule has 1 heterocycles. The van der Waals surface area contributed by atoms with Crippen molar-refractivity contribution in [2.75, 3.05) is 13.2 Å². The summed E-state index contributed by atoms with van der Waals surface area (Å²) in [5.74, 6) is -0.131. The topological polar surface area (TPSA) is 149 Å². The van der Waals surface area contributed by atoms with E-state index in [1.807, 2.05) is 0 Å². The quantitative estimate of drug-likeness (QED) is 0.0330. The summed E-state index contributed by atoms with van der Waals surface area (Å²) in [6.45, 7) is 3.92. The fourth-order valence-electron chi connectivity index (χ4n) is 13.5. The third-order valence-electron chi connectivity index (χ3n) is 19.7. The minimum absolute atomic E-state index is 0.130. The van der Waals surface area contributed by atoms with Gasteiger partial charge >= 0.3 is 0 Å². The van der Waals surface area contributed by atoms with E-state index in [-0.39, 0.29) is 12.5 Å². The van der Waals surface area contributed by atoms with Gasteiger partial charge in [-0.15, -0.1) is 0 Å². The van der Waals surface area contributed by atoms with Gasteiger partial charge in [-0.25, -0.2) is 0 Å². The molecule has 1 amide bonds. The predicted octanol–water partition coefficient (Wildman–Crippen LogP) is 22.4. The first-order valence-electron chi connectivity index (χ1n) is 39.7. The summed E-state index contributed by atoms with van der Waals surface area (Å²) >= 11 is 0. The van der Waals surface area contributed by atoms with Gasteiger partial charge in [0.1, 0.15) is 24.4 Å². The van der Waals surface area contributed by atoms with E-state index in [2.05, 4.69) is 19.2 Å². The Morgan fingerprint density at radius 1 is 0.345 bits per heavy atom. The molecule has 0 radical (unpaired) electrons. The molecule has 0 saturated carbocycles. The number of nitrogens with one attached hydrogen (secondary N) is 1. The van der Waals surface area contributed by atoms with Crippen molar-refractivity contribution in [3.05, 3.63) is 0 Å². The summed E-state index contributed by atoms with van der Waals surface area (Å²) in [5, 5.41) is 55.1. The number of carbonyl (C=O) groups is 1. The van der Waals surface area contributed by atoms with Crippen LogP contribution in [0.2, 0.25) is 0 Å². The molecule has 0 aromatic heterocycles. The van der Waals surface area contributed by atoms with Crippen molar-refractivity contribution in [1.29, 1.82) is 0 Å². The van der Waals surface area contributed by atoms with E-state index in [0.717, 1.165) is 38.5 Å². The second kappa shape index (κ2) is 68.1. The average Bonchev–Trinajstić information content (AvgIpc) is 3.47. The summed E-state index contributed by atoms with van der Waals surface area (Å²) in [5.41, 5.74) is 0. The second-order valence-electron chi connectivity index (χ2n) is 28.2. The van der Waals surface area contributed by atoms with Crippen LogP contribution < -0.4 is 5.32 Å². The number of amides is 1. The molecule has 1 saturated heterocycles. The minimum Gasteiger partial charge on any atom is -0.394 e. The number of hydrogen-bond donors (Lipinski definition) is 6. The Hall–Kier alpha value is -0.810. The summed E-state index contributed by atoms with van der Waals surface area (Å²) in [6.07, 6.45) is 80.8. The van der Waals surface area contributed by atoms with Gasteiger partial charge in [-0.1, -0.05) is 418 Å². The van der Waals surface area contributed by atoms with Crippen LogP contribution in [0, 0.1) is 0 Å². The SMILES string of the molecule is CCCCCCCCCCCCCCCCCCCCCCCCCCCCCCCCCCCCC(=O)NC(COC1OC(CO)C(O)C(O)C1O)C(O)CCCCCCCCCCCCCCCCCCCCCCCCCCCCCCCC. The zero-order chi connectivity index (χ0) is 62.8. The molecule has 9 nitrogen and oxygen atoms in total. The Morgan fingerprint density at radius 2 is 0.575 bits per heavy atom. The van der Waals surface area contributed by atoms with Gasteiger partial charge in [-0.2, -0.15) is 0 Å². The van der Waals surface area contributed by atoms with Crippen LogP contribution in [0.3, 0.4) is 0 Å². The van der Waals surface area contributed by atoms with Crippen LogP contribution in [0.25, 0.3) is 0 Å². The maximum absolute atomic E-state index is 13.2. The molecule has 1 rings (SSSR count). The molecule has 7 atom stereocenters. The number of rotatable bonds is 72. The van der Waals surface area contributed by atoms with E-state index >= 15 is 0 Å². The highest BCUT2D eigenvalue weighted by atomic mass is 16.7. The van der Waals surface area contributed by atoms with Crippen LogP contribution >= 0.6 is 0 Å². The van der Waals surface area contributed by atoms with Crippen LogP contribution in [-0.4, -0.2) is 87.5 Å². The molecule has 87 heavy (non-hydrogen) atoms. The third kappa shape index (κ3) is 56.5. The number of carbonyl (C=O) groups excluding carboxylic acids is 1. The van der Waals surface area contributed by atoms with Crippen LogP contribution in [0.4, 0.5) is 0 Å². The number of aliphatic hydroxyl groups is 5. The Morgan fingerprint density at radius 3 is 0.816 bits per heavy atom. The third-order valence-corrected chi connectivity index (χ3v) is 19.7. The van der Waals surface area contributed by atoms with Crippen molar-refractivity contribution in [1.82, 2.24) is 5.32 Å². The van der Waals surface area contributed by atoms with E-state index in [1.54, 1.807) is 0 Å². The normalized spacial score (nSPS) is 17.8. The fourth-order valence-corrected chi connectivity index (χ4v) is 13.5. The molecule has 0 spiro atoms. The Kier molecular flexibility index (Phi) is 65.9. The smallest absolute Gasteiger partial charge is 0.220 e. The van der Waals surface area contributed by atoms with Crippen LogP contribution in [0.15, 0.2) is 0 Å². The summed E-state index contributed by atoms with van der Waals surface area (Å²) in [4.78, 5) is 13.2. The molecule has 1 fully saturated rings. The predicted molar refractivity (Wildman–Crippen MR) is 374 cm³/mol. The molecule has 9 heteroatoms. The Balaban J connectivity index is 2.04. The van der Waals surface area contributed by atoms with Crippen molar-refractivity contribution in [3.63, 3.8) is 0 Å². The highest BCUT2D eigenvalue weighted by Crippen LogP contribution is 2.25. The second-order valence-corrected chi connectivity index (χ2v) is 28.2. The number of ether oxygens (including phenoxy) is 2. The number of aliphatic hydroxyl groups excluding tert-OH is 5. The van der Waals surface area contributed by atoms with Crippen molar-refractivity contribution < 1.29 is 39.8 Å². The Bertz CT molecular complexity index is 1340. The molecule has 7 unspecified atom stereocenters. The van der Waals surface area contributed by atoms with Gasteiger partial charge in [0.15, 0.2) is 6.29 Å². The van der Waals surface area contributed by atoms with E-state index in [4.69, 9.17) is 9.47 Å². The van der Waals surface area contributed by atoms with Crippen molar-refractivity contribution >= 4 is 5.91 Å². The molecule has 0 aromatic carbocycles. The maximum atomic E-state index is 13.2. The van der Waals surface area contributed by atoms with E-state index in [9.17, 15) is 30.3 Å². The standard InChI is InChI=1S/C78H155NO8/c1-3-5-7-9-11-13-15-17-19-21-23-25-27-29-31-33-35-36-37-38-40-42-44-46-48-50-52-54-56-58-60-62-64-66-68-74(82)79-71(70-86-78-77(85)76(84)75(83)73(69-80)87-78)72(81)67-65-63-61-59-57-55-53-51-49-47-45-43-41-39-34-32-30-28-26-24-22-20-18-16-14-12-10-8-6-4-2/h71-73,75-78,80-81,83-85H,3-70H2,1-2H3,(H,79,82). The molecule has 520 valence electrons. The zero-order valence-electron chi connectivity index (χ0n) is 58.6. The first-order chi connectivity index (χ1) is 42.8. The first kappa shape index (κ1) is 84.2. The largest absolute Gasteiger partial charge is 0.394 e. The average molecular weight is 1240 g/mol. The lowest BCUT2D eigenvalue weighted by Gasteiger charge is -2.40. The molecule has 6 N–H and O–H groups in total. The lowest BCUT2D eigenvalue weighted by atomic mass is 9.99. The number of hydrogen-bond acceptors (Lipinski definition) is 8. The van der Waals surface area contributed by atoms with Crippen LogP contribution in [0.1, 0.15) is 438 Å². The molecule has 1 aliphatic rings. The van der Waals surface area contributed by atoms with Gasteiger partial charge < -0.3 is 40.3 Å². The van der Waals surface area contributed by atoms with Gasteiger partial charge in [0.25, 0.3) is 0 Å². The summed E-state index contributed by atoms with van der Waals surface area (Å²) in [6, 6.07) is -0.716. The van der Waals surface area contributed by atoms with Gasteiger partial charge in [0.2, 0.25) is 5.91 Å². The summed E-state index contributed by atoms with van der Waals surface area (Å²) in [7, 11) is 0. The minimum atomic E-state index is -1.55. The van der Waals surface area contributed by atoms with Crippen molar-refractivity contribution in [2.45, 2.75) is 480 Å². The molecule has 1 aliphatic heterocycles. The zero-order valence-corrected chi connectivity index (χ0v) is 58.6. The van der Waals surface area contributed by atoms with E-state index < -0.39 is 49.5 Å². The van der Waals surface area contributed by atoms with Crippen LogP contribution in [0.5, 0.6) is 0 Å². The summed E-state index contributed by atoms with van der Waals surface area (Å²) < 4.78 is 11.4. The van der Waals surface area contributed by atoms with E-state index in [1.165, 1.54) is 372 Å². The van der Waals surface area contributed by atoms with Gasteiger partial charge in [0, 0.05) is 6.42 Å². The van der Waals surface area contributed by atoms with Crippen LogP contribution in [-0.2, 0) is 14.3 Å². The number of unbranched alkanes of at least 4 members (excludes halogenated alkanes) is 62. The lowest BCUT2D eigenvalue weighted by molar-refractivity contribution is -0.302. The maximum Gasteiger partial charge on any atom is 0.220 e. The molecule has 0 bridgehead atoms. The highest BCUT2D eigenvalue weighted by molar-refractivity contribution is 5.76. The molecule has 0 aliphatic carbocycles. The molecular formula is C78H155NO8. The highest BCUT2D eigenvalue weighted by Gasteiger charge is 2.44. The molecule has 0 aromatic rings. The van der Waals surface area contributed by atoms with Gasteiger partial charge in [-0.3, -0.25) is 4.79 Å². The van der Waals surface area contributed by atoms with Gasteiger partial charge in [0.05, 0.1) is 25.4 Å². The monoisotopic (exact) mass is 1230 g/mol. The lowest BCUT2D eigenvalue weighted by Crippen LogP contribution is -2.60. The van der Waals surface area contributed by atoms with Crippen molar-refractivity contribution in [2.24, 2.45) is 0 Å². The fraction of sp³-hybridized carbons (Fsp3) is 0.987. The van der Waals surface area contributed by atoms with Gasteiger partial charge in [-0.05, 0) is 12.8 Å². The first-order valence-corrected chi connectivity index (χ1v) is 39.7. The Labute approximate surface area is 542 Å². The molecular weight excluding hydrogens is 1080 g/mol. The van der Waals surface area contributed by atoms with E-state index in [0.29, 0.717) is 12.8 Å².